The monoisotopic (exact) mass is 252 g/mol. The van der Waals surface area contributed by atoms with Crippen molar-refractivity contribution < 1.29 is 18.0 Å². The molecule has 1 fully saturated rings. The fraction of sp³-hybridized carbons (Fsp3) is 0.909. The Morgan fingerprint density at radius 1 is 1.41 bits per heavy atom. The van der Waals surface area contributed by atoms with Crippen molar-refractivity contribution in [3.63, 3.8) is 0 Å². The molecule has 0 aliphatic heterocycles. The van der Waals surface area contributed by atoms with Crippen LogP contribution in [0, 0.1) is 5.41 Å². The van der Waals surface area contributed by atoms with Crippen LogP contribution in [0.3, 0.4) is 0 Å². The minimum absolute atomic E-state index is 0.102. The number of halogens is 3. The standard InChI is InChI=1S/C11H19F3N2O/c1-10(2)4-3-8(5-10)16-9(17)6-15-7-11(12,13)14/h8,15H,3-7H2,1-2H3,(H,16,17). The Bertz CT molecular complexity index is 276. The highest BCUT2D eigenvalue weighted by molar-refractivity contribution is 5.78. The highest BCUT2D eigenvalue weighted by Crippen LogP contribution is 2.36. The molecule has 0 spiro atoms. The summed E-state index contributed by atoms with van der Waals surface area (Å²) in [6, 6.07) is 0.102. The second kappa shape index (κ2) is 5.25. The number of hydrogen-bond acceptors (Lipinski definition) is 2. The lowest BCUT2D eigenvalue weighted by molar-refractivity contribution is -0.128. The zero-order valence-corrected chi connectivity index (χ0v) is 10.2. The molecule has 100 valence electrons. The number of alkyl halides is 3. The van der Waals surface area contributed by atoms with Crippen molar-refractivity contribution in [1.82, 2.24) is 10.6 Å². The van der Waals surface area contributed by atoms with Gasteiger partial charge in [0, 0.05) is 6.04 Å². The third-order valence-corrected chi connectivity index (χ3v) is 2.94. The van der Waals surface area contributed by atoms with Gasteiger partial charge in [-0.05, 0) is 24.7 Å². The second-order valence-electron chi connectivity index (χ2n) is 5.39. The Hall–Kier alpha value is -0.780. The summed E-state index contributed by atoms with van der Waals surface area (Å²) in [5, 5.41) is 4.83. The van der Waals surface area contributed by atoms with Crippen LogP contribution in [0.25, 0.3) is 0 Å². The summed E-state index contributed by atoms with van der Waals surface area (Å²) < 4.78 is 35.5. The van der Waals surface area contributed by atoms with Crippen LogP contribution in [0.1, 0.15) is 33.1 Å². The van der Waals surface area contributed by atoms with Gasteiger partial charge in [0.05, 0.1) is 13.1 Å². The molecule has 17 heavy (non-hydrogen) atoms. The average Bonchev–Trinajstić information content (AvgIpc) is 2.42. The van der Waals surface area contributed by atoms with Gasteiger partial charge in [0.2, 0.25) is 5.91 Å². The van der Waals surface area contributed by atoms with Crippen LogP contribution in [-0.2, 0) is 4.79 Å². The predicted octanol–water partition coefficient (Wildman–Crippen LogP) is 1.83. The summed E-state index contributed by atoms with van der Waals surface area (Å²) >= 11 is 0. The lowest BCUT2D eigenvalue weighted by Crippen LogP contribution is -2.41. The van der Waals surface area contributed by atoms with E-state index in [1.807, 2.05) is 0 Å². The van der Waals surface area contributed by atoms with Crippen molar-refractivity contribution in [2.45, 2.75) is 45.3 Å². The largest absolute Gasteiger partial charge is 0.401 e. The average molecular weight is 252 g/mol. The van der Waals surface area contributed by atoms with Gasteiger partial charge in [0.25, 0.3) is 0 Å². The first-order valence-electron chi connectivity index (χ1n) is 5.75. The van der Waals surface area contributed by atoms with Crippen molar-refractivity contribution in [3.8, 4) is 0 Å². The molecule has 0 saturated heterocycles. The number of rotatable bonds is 4. The van der Waals surface area contributed by atoms with Crippen molar-refractivity contribution in [3.05, 3.63) is 0 Å². The van der Waals surface area contributed by atoms with E-state index in [0.29, 0.717) is 0 Å². The quantitative estimate of drug-likeness (QED) is 0.801. The molecule has 1 unspecified atom stereocenters. The summed E-state index contributed by atoms with van der Waals surface area (Å²) in [6.07, 6.45) is -1.44. The van der Waals surface area contributed by atoms with E-state index in [9.17, 15) is 18.0 Å². The Kier molecular flexibility index (Phi) is 4.41. The molecule has 0 heterocycles. The highest BCUT2D eigenvalue weighted by atomic mass is 19.4. The van der Waals surface area contributed by atoms with E-state index in [2.05, 4.69) is 24.5 Å². The smallest absolute Gasteiger partial charge is 0.352 e. The van der Waals surface area contributed by atoms with E-state index >= 15 is 0 Å². The number of hydrogen-bond donors (Lipinski definition) is 2. The first-order valence-corrected chi connectivity index (χ1v) is 5.75. The molecule has 2 N–H and O–H groups in total. The van der Waals surface area contributed by atoms with Crippen LogP contribution in [-0.4, -0.2) is 31.2 Å². The molecular formula is C11H19F3N2O. The Morgan fingerprint density at radius 3 is 2.53 bits per heavy atom. The number of nitrogens with one attached hydrogen (secondary N) is 2. The number of carbonyl (C=O) groups excluding carboxylic acids is 1. The van der Waals surface area contributed by atoms with E-state index in [4.69, 9.17) is 0 Å². The van der Waals surface area contributed by atoms with Crippen LogP contribution in [0.4, 0.5) is 13.2 Å². The van der Waals surface area contributed by atoms with Gasteiger partial charge in [-0.25, -0.2) is 0 Å². The zero-order chi connectivity index (χ0) is 13.1. The van der Waals surface area contributed by atoms with E-state index in [-0.39, 0.29) is 23.9 Å². The maximum Gasteiger partial charge on any atom is 0.401 e. The summed E-state index contributed by atoms with van der Waals surface area (Å²) in [5.41, 5.74) is 0.220. The van der Waals surface area contributed by atoms with E-state index in [0.717, 1.165) is 19.3 Å². The van der Waals surface area contributed by atoms with Gasteiger partial charge in [0.1, 0.15) is 0 Å². The second-order valence-corrected chi connectivity index (χ2v) is 5.39. The van der Waals surface area contributed by atoms with Crippen molar-refractivity contribution in [2.75, 3.05) is 13.1 Å². The van der Waals surface area contributed by atoms with Crippen molar-refractivity contribution in [2.24, 2.45) is 5.41 Å². The topological polar surface area (TPSA) is 41.1 Å². The SMILES string of the molecule is CC1(C)CCC(NC(=O)CNCC(F)(F)F)C1. The lowest BCUT2D eigenvalue weighted by Gasteiger charge is -2.18. The molecule has 1 saturated carbocycles. The maximum atomic E-state index is 11.8. The van der Waals surface area contributed by atoms with Gasteiger partial charge < -0.3 is 10.6 Å². The third-order valence-electron chi connectivity index (χ3n) is 2.94. The van der Waals surface area contributed by atoms with Gasteiger partial charge in [-0.3, -0.25) is 4.79 Å². The third kappa shape index (κ3) is 5.91. The molecule has 1 aliphatic carbocycles. The van der Waals surface area contributed by atoms with Gasteiger partial charge in [-0.15, -0.1) is 0 Å². The van der Waals surface area contributed by atoms with Crippen molar-refractivity contribution in [1.29, 1.82) is 0 Å². The van der Waals surface area contributed by atoms with Crippen LogP contribution in [0.2, 0.25) is 0 Å². The molecule has 3 nitrogen and oxygen atoms in total. The van der Waals surface area contributed by atoms with Gasteiger partial charge in [-0.1, -0.05) is 13.8 Å². The Balaban J connectivity index is 2.18. The summed E-state index contributed by atoms with van der Waals surface area (Å²) in [5.74, 6) is -0.364. The number of amides is 1. The molecule has 1 aliphatic rings. The fourth-order valence-electron chi connectivity index (χ4n) is 2.16. The maximum absolute atomic E-state index is 11.8. The zero-order valence-electron chi connectivity index (χ0n) is 10.2. The van der Waals surface area contributed by atoms with E-state index in [1.54, 1.807) is 0 Å². The fourth-order valence-corrected chi connectivity index (χ4v) is 2.16. The minimum atomic E-state index is -4.27. The summed E-state index contributed by atoms with van der Waals surface area (Å²) in [6.45, 7) is 2.84. The Labute approximate surface area is 99.1 Å². The molecule has 1 atom stereocenters. The first-order chi connectivity index (χ1) is 7.68. The summed E-state index contributed by atoms with van der Waals surface area (Å²) in [7, 11) is 0. The predicted molar refractivity (Wildman–Crippen MR) is 58.5 cm³/mol. The van der Waals surface area contributed by atoms with Crippen LogP contribution in [0.5, 0.6) is 0 Å². The molecule has 0 aromatic heterocycles. The van der Waals surface area contributed by atoms with E-state index in [1.165, 1.54) is 0 Å². The minimum Gasteiger partial charge on any atom is -0.352 e. The first kappa shape index (κ1) is 14.3. The molecule has 0 aromatic carbocycles. The molecule has 1 rings (SSSR count). The van der Waals surface area contributed by atoms with Gasteiger partial charge in [-0.2, -0.15) is 13.2 Å². The van der Waals surface area contributed by atoms with Gasteiger partial charge >= 0.3 is 6.18 Å². The Morgan fingerprint density at radius 2 is 2.06 bits per heavy atom. The van der Waals surface area contributed by atoms with Crippen LogP contribution in [0.15, 0.2) is 0 Å². The molecule has 0 aromatic rings. The normalized spacial score (nSPS) is 23.7. The summed E-state index contributed by atoms with van der Waals surface area (Å²) in [4.78, 5) is 11.4. The van der Waals surface area contributed by atoms with Crippen molar-refractivity contribution >= 4 is 5.91 Å². The molecule has 6 heteroatoms. The van der Waals surface area contributed by atoms with E-state index < -0.39 is 12.7 Å². The van der Waals surface area contributed by atoms with Crippen LogP contribution >= 0.6 is 0 Å². The molecule has 0 radical (unpaired) electrons. The lowest BCUT2D eigenvalue weighted by atomic mass is 9.92. The molecule has 0 bridgehead atoms. The highest BCUT2D eigenvalue weighted by Gasteiger charge is 2.32. The number of carbonyl (C=O) groups is 1. The van der Waals surface area contributed by atoms with Gasteiger partial charge in [0.15, 0.2) is 0 Å². The van der Waals surface area contributed by atoms with Crippen LogP contribution < -0.4 is 10.6 Å². The molecule has 1 amide bonds. The molecular weight excluding hydrogens is 233 g/mol.